The van der Waals surface area contributed by atoms with E-state index in [9.17, 15) is 9.59 Å². The van der Waals surface area contributed by atoms with Gasteiger partial charge in [-0.05, 0) is 28.1 Å². The molecule has 0 radical (unpaired) electrons. The second-order valence-corrected chi connectivity index (χ2v) is 5.26. The number of hydrogen-bond donors (Lipinski definition) is 2. The van der Waals surface area contributed by atoms with Gasteiger partial charge in [-0.2, -0.15) is 0 Å². The summed E-state index contributed by atoms with van der Waals surface area (Å²) in [5.74, 6) is -1.47. The predicted octanol–water partition coefficient (Wildman–Crippen LogP) is 1.82. The largest absolute Gasteiger partial charge is 0.476 e. The highest BCUT2D eigenvalue weighted by atomic mass is 79.9. The second kappa shape index (κ2) is 6.68. The van der Waals surface area contributed by atoms with E-state index in [-0.39, 0.29) is 18.1 Å². The Kier molecular flexibility index (Phi) is 4.92. The lowest BCUT2D eigenvalue weighted by atomic mass is 10.2. The van der Waals surface area contributed by atoms with Crippen LogP contribution in [0.1, 0.15) is 20.8 Å². The third-order valence-electron chi connectivity index (χ3n) is 2.58. The summed E-state index contributed by atoms with van der Waals surface area (Å²) in [6.45, 7) is 0.571. The molecule has 7 nitrogen and oxygen atoms in total. The van der Waals surface area contributed by atoms with Crippen molar-refractivity contribution in [2.24, 2.45) is 0 Å². The summed E-state index contributed by atoms with van der Waals surface area (Å²) in [5, 5.41) is 18.8. The zero-order chi connectivity index (χ0) is 15.4. The molecule has 1 heterocycles. The average Bonchev–Trinajstić information content (AvgIpc) is 2.91. The highest BCUT2D eigenvalue weighted by Crippen LogP contribution is 2.25. The Hall–Kier alpha value is -1.93. The minimum atomic E-state index is -1.15. The minimum Gasteiger partial charge on any atom is -0.476 e. The van der Waals surface area contributed by atoms with E-state index in [1.165, 1.54) is 10.9 Å². The zero-order valence-electron chi connectivity index (χ0n) is 10.6. The molecule has 110 valence electrons. The molecule has 2 rings (SSSR count). The van der Waals surface area contributed by atoms with Crippen molar-refractivity contribution in [2.75, 3.05) is 6.54 Å². The first kappa shape index (κ1) is 15.5. The molecule has 0 unspecified atom stereocenters. The molecule has 2 N–H and O–H groups in total. The number of carbonyl (C=O) groups is 2. The number of carbonyl (C=O) groups excluding carboxylic acids is 1. The van der Waals surface area contributed by atoms with Crippen LogP contribution in [0.15, 0.2) is 28.9 Å². The molecular formula is C12H10BrClN4O3. The fraction of sp³-hybridized carbons (Fsp3) is 0.167. The van der Waals surface area contributed by atoms with Crippen molar-refractivity contribution in [3.05, 3.63) is 45.1 Å². The maximum Gasteiger partial charge on any atom is 0.358 e. The van der Waals surface area contributed by atoms with Crippen LogP contribution in [-0.4, -0.2) is 38.5 Å². The quantitative estimate of drug-likeness (QED) is 0.833. The third kappa shape index (κ3) is 3.79. The number of carboxylic acids is 1. The van der Waals surface area contributed by atoms with Crippen molar-refractivity contribution in [3.8, 4) is 0 Å². The summed E-state index contributed by atoms with van der Waals surface area (Å²) in [4.78, 5) is 22.6. The van der Waals surface area contributed by atoms with Gasteiger partial charge in [-0.25, -0.2) is 9.48 Å². The van der Waals surface area contributed by atoms with Crippen molar-refractivity contribution in [1.29, 1.82) is 0 Å². The van der Waals surface area contributed by atoms with Gasteiger partial charge >= 0.3 is 5.97 Å². The second-order valence-electron chi connectivity index (χ2n) is 4.03. The number of amides is 1. The van der Waals surface area contributed by atoms with Crippen LogP contribution in [0, 0.1) is 0 Å². The molecule has 0 fully saturated rings. The Bertz CT molecular complexity index is 689. The minimum absolute atomic E-state index is 0.142. The highest BCUT2D eigenvalue weighted by molar-refractivity contribution is 9.10. The topological polar surface area (TPSA) is 97.1 Å². The fourth-order valence-electron chi connectivity index (χ4n) is 1.56. The standard InChI is InChI=1S/C12H10BrClN4O3/c13-8-3-1-2-7(10(8)14)11(19)15-4-5-18-6-9(12(20)21)16-17-18/h1-3,6H,4-5H2,(H,15,19)(H,20,21). The number of halogens is 2. The summed E-state index contributed by atoms with van der Waals surface area (Å²) in [6.07, 6.45) is 1.29. The molecule has 0 aliphatic heterocycles. The number of aromatic nitrogens is 3. The number of nitrogens with zero attached hydrogens (tertiary/aromatic N) is 3. The van der Waals surface area contributed by atoms with Gasteiger partial charge in [0.1, 0.15) is 0 Å². The molecule has 0 saturated carbocycles. The summed E-state index contributed by atoms with van der Waals surface area (Å²) >= 11 is 9.27. The van der Waals surface area contributed by atoms with Crippen LogP contribution >= 0.6 is 27.5 Å². The van der Waals surface area contributed by atoms with Gasteiger partial charge in [0.05, 0.1) is 23.3 Å². The van der Waals surface area contributed by atoms with Gasteiger partial charge in [0, 0.05) is 11.0 Å². The van der Waals surface area contributed by atoms with Crippen LogP contribution in [-0.2, 0) is 6.54 Å². The molecular weight excluding hydrogens is 364 g/mol. The Morgan fingerprint density at radius 3 is 2.86 bits per heavy atom. The van der Waals surface area contributed by atoms with E-state index in [2.05, 4.69) is 31.6 Å². The third-order valence-corrected chi connectivity index (χ3v) is 3.88. The van der Waals surface area contributed by atoms with E-state index >= 15 is 0 Å². The Morgan fingerprint density at radius 2 is 2.19 bits per heavy atom. The lowest BCUT2D eigenvalue weighted by Gasteiger charge is -2.07. The lowest BCUT2D eigenvalue weighted by Crippen LogP contribution is -2.27. The maximum atomic E-state index is 12.0. The number of hydrogen-bond acceptors (Lipinski definition) is 4. The van der Waals surface area contributed by atoms with Crippen LogP contribution < -0.4 is 5.32 Å². The Balaban J connectivity index is 1.92. The molecule has 1 aromatic carbocycles. The molecule has 0 spiro atoms. The highest BCUT2D eigenvalue weighted by Gasteiger charge is 2.12. The number of aromatic carboxylic acids is 1. The molecule has 0 aliphatic rings. The number of nitrogens with one attached hydrogen (secondary N) is 1. The van der Waals surface area contributed by atoms with Gasteiger partial charge in [-0.15, -0.1) is 5.10 Å². The van der Waals surface area contributed by atoms with E-state index in [0.717, 1.165) is 0 Å². The average molecular weight is 374 g/mol. The monoisotopic (exact) mass is 372 g/mol. The molecule has 21 heavy (non-hydrogen) atoms. The lowest BCUT2D eigenvalue weighted by molar-refractivity contribution is 0.0690. The van der Waals surface area contributed by atoms with Crippen LogP contribution in [0.4, 0.5) is 0 Å². The van der Waals surface area contributed by atoms with Crippen molar-refractivity contribution in [2.45, 2.75) is 6.54 Å². The first-order valence-corrected chi connectivity index (χ1v) is 7.02. The molecule has 0 saturated heterocycles. The van der Waals surface area contributed by atoms with E-state index in [0.29, 0.717) is 21.6 Å². The van der Waals surface area contributed by atoms with Gasteiger partial charge in [0.25, 0.3) is 5.91 Å². The van der Waals surface area contributed by atoms with Gasteiger partial charge in [-0.3, -0.25) is 4.79 Å². The molecule has 0 bridgehead atoms. The number of benzene rings is 1. The zero-order valence-corrected chi connectivity index (χ0v) is 12.9. The van der Waals surface area contributed by atoms with Crippen LogP contribution in [0.5, 0.6) is 0 Å². The van der Waals surface area contributed by atoms with E-state index in [1.807, 2.05) is 0 Å². The molecule has 0 atom stereocenters. The van der Waals surface area contributed by atoms with Crippen molar-refractivity contribution < 1.29 is 14.7 Å². The molecule has 2 aromatic rings. The Labute approximate surface area is 133 Å². The smallest absolute Gasteiger partial charge is 0.358 e. The maximum absolute atomic E-state index is 12.0. The normalized spacial score (nSPS) is 10.4. The van der Waals surface area contributed by atoms with E-state index in [4.69, 9.17) is 16.7 Å². The number of carboxylic acid groups (broad SMARTS) is 1. The summed E-state index contributed by atoms with van der Waals surface area (Å²) in [7, 11) is 0. The predicted molar refractivity (Wildman–Crippen MR) is 78.5 cm³/mol. The van der Waals surface area contributed by atoms with Crippen LogP contribution in [0.25, 0.3) is 0 Å². The Morgan fingerprint density at radius 1 is 1.43 bits per heavy atom. The van der Waals surface area contributed by atoms with Gasteiger partial charge in [0.15, 0.2) is 5.69 Å². The van der Waals surface area contributed by atoms with Crippen molar-refractivity contribution in [1.82, 2.24) is 20.3 Å². The molecule has 1 aromatic heterocycles. The first-order valence-electron chi connectivity index (χ1n) is 5.84. The molecule has 1 amide bonds. The number of rotatable bonds is 5. The molecule has 9 heteroatoms. The van der Waals surface area contributed by atoms with Gasteiger partial charge in [-0.1, -0.05) is 22.9 Å². The van der Waals surface area contributed by atoms with Crippen LogP contribution in [0.2, 0.25) is 5.02 Å². The summed E-state index contributed by atoms with van der Waals surface area (Å²) < 4.78 is 1.98. The first-order chi connectivity index (χ1) is 9.99. The summed E-state index contributed by atoms with van der Waals surface area (Å²) in [5.41, 5.74) is 0.215. The van der Waals surface area contributed by atoms with E-state index in [1.54, 1.807) is 18.2 Å². The summed E-state index contributed by atoms with van der Waals surface area (Å²) in [6, 6.07) is 5.06. The van der Waals surface area contributed by atoms with Crippen molar-refractivity contribution in [3.63, 3.8) is 0 Å². The molecule has 0 aliphatic carbocycles. The van der Waals surface area contributed by atoms with E-state index < -0.39 is 5.97 Å². The van der Waals surface area contributed by atoms with Crippen LogP contribution in [0.3, 0.4) is 0 Å². The van der Waals surface area contributed by atoms with Crippen molar-refractivity contribution >= 4 is 39.4 Å². The van der Waals surface area contributed by atoms with Gasteiger partial charge in [0.2, 0.25) is 0 Å². The fourth-order valence-corrected chi connectivity index (χ4v) is 2.14. The SMILES string of the molecule is O=C(O)c1cn(CCNC(=O)c2cccc(Br)c2Cl)nn1. The van der Waals surface area contributed by atoms with Gasteiger partial charge < -0.3 is 10.4 Å².